The van der Waals surface area contributed by atoms with Gasteiger partial charge in [0, 0.05) is 6.42 Å². The van der Waals surface area contributed by atoms with Gasteiger partial charge in [0.1, 0.15) is 5.78 Å². The van der Waals surface area contributed by atoms with Crippen molar-refractivity contribution in [3.8, 4) is 0 Å². The number of rotatable bonds is 11. The van der Waals surface area contributed by atoms with E-state index in [1.54, 1.807) is 5.57 Å². The molecule has 4 rings (SSSR count). The third kappa shape index (κ3) is 6.50. The van der Waals surface area contributed by atoms with Crippen LogP contribution in [0.2, 0.25) is 0 Å². The Hall–Kier alpha value is -1.23. The summed E-state index contributed by atoms with van der Waals surface area (Å²) >= 11 is 0. The molecule has 0 aliphatic heterocycles. The number of hydrogen-bond donors (Lipinski definition) is 3. The lowest BCUT2D eigenvalue weighted by atomic mass is 9.61. The number of ketones is 1. The van der Waals surface area contributed by atoms with Crippen LogP contribution in [0.1, 0.15) is 117 Å². The van der Waals surface area contributed by atoms with Crippen LogP contribution < -0.4 is 0 Å². The van der Waals surface area contributed by atoms with Crippen molar-refractivity contribution in [2.75, 3.05) is 0 Å². The highest BCUT2D eigenvalue weighted by Gasteiger charge is 2.54. The SMILES string of the molecule is CCCCCCC(=O)C1([C@H](O)C=C[C@@H](C)[C@H]2CC[C@H]3C(=CC=C4C[C@@H](O)C[C@H](O)C4)CCC[C@]23C)CC1. The van der Waals surface area contributed by atoms with Gasteiger partial charge in [0.2, 0.25) is 0 Å². The van der Waals surface area contributed by atoms with Crippen LogP contribution in [-0.2, 0) is 4.79 Å². The number of aliphatic hydroxyl groups is 3. The van der Waals surface area contributed by atoms with E-state index in [1.165, 1.54) is 44.1 Å². The van der Waals surface area contributed by atoms with Crippen molar-refractivity contribution in [2.24, 2.45) is 28.6 Å². The molecule has 4 aliphatic carbocycles. The molecule has 4 nitrogen and oxygen atoms in total. The highest BCUT2D eigenvalue weighted by molar-refractivity contribution is 5.88. The Labute approximate surface area is 225 Å². The predicted molar refractivity (Wildman–Crippen MR) is 150 cm³/mol. The molecule has 0 amide bonds. The van der Waals surface area contributed by atoms with E-state index in [2.05, 4.69) is 39.0 Å². The minimum absolute atomic E-state index is 0.259. The van der Waals surface area contributed by atoms with Gasteiger partial charge in [0.25, 0.3) is 0 Å². The number of Topliss-reactive ketones (excluding diaryl/α,β-unsaturated/α-hetero) is 1. The van der Waals surface area contributed by atoms with Gasteiger partial charge < -0.3 is 15.3 Å². The van der Waals surface area contributed by atoms with Gasteiger partial charge in [-0.3, -0.25) is 4.79 Å². The average Bonchev–Trinajstić information content (AvgIpc) is 3.59. The first-order valence-corrected chi connectivity index (χ1v) is 15.3. The van der Waals surface area contributed by atoms with Crippen molar-refractivity contribution in [2.45, 2.75) is 135 Å². The summed E-state index contributed by atoms with van der Waals surface area (Å²) in [5, 5.41) is 31.1. The normalized spacial score (nSPS) is 35.9. The Bertz CT molecular complexity index is 869. The molecular weight excluding hydrogens is 460 g/mol. The Morgan fingerprint density at radius 2 is 1.76 bits per heavy atom. The van der Waals surface area contributed by atoms with Gasteiger partial charge in [-0.25, -0.2) is 0 Å². The first kappa shape index (κ1) is 28.8. The molecule has 0 saturated heterocycles. The van der Waals surface area contributed by atoms with Gasteiger partial charge in [-0.1, -0.05) is 75.5 Å². The first-order valence-electron chi connectivity index (χ1n) is 15.3. The molecule has 0 aromatic rings. The first-order chi connectivity index (χ1) is 17.7. The zero-order valence-electron chi connectivity index (χ0n) is 23.6. The van der Waals surface area contributed by atoms with Crippen LogP contribution in [-0.4, -0.2) is 39.4 Å². The van der Waals surface area contributed by atoms with Crippen LogP contribution in [0, 0.1) is 28.6 Å². The van der Waals surface area contributed by atoms with E-state index in [1.807, 2.05) is 6.08 Å². The summed E-state index contributed by atoms with van der Waals surface area (Å²) in [6.45, 7) is 6.97. The number of carbonyl (C=O) groups excluding carboxylic acids is 1. The molecule has 208 valence electrons. The smallest absolute Gasteiger partial charge is 0.141 e. The van der Waals surface area contributed by atoms with Gasteiger partial charge >= 0.3 is 0 Å². The maximum Gasteiger partial charge on any atom is 0.141 e. The Morgan fingerprint density at radius 3 is 2.43 bits per heavy atom. The summed E-state index contributed by atoms with van der Waals surface area (Å²) in [4.78, 5) is 12.9. The van der Waals surface area contributed by atoms with Crippen LogP contribution in [0.4, 0.5) is 0 Å². The van der Waals surface area contributed by atoms with E-state index >= 15 is 0 Å². The van der Waals surface area contributed by atoms with Crippen LogP contribution >= 0.6 is 0 Å². The second-order valence-corrected chi connectivity index (χ2v) is 13.2. The minimum Gasteiger partial charge on any atom is -0.393 e. The molecule has 4 fully saturated rings. The van der Waals surface area contributed by atoms with Crippen molar-refractivity contribution in [3.63, 3.8) is 0 Å². The zero-order valence-corrected chi connectivity index (χ0v) is 23.6. The van der Waals surface area contributed by atoms with Crippen LogP contribution in [0.25, 0.3) is 0 Å². The minimum atomic E-state index is -0.645. The lowest BCUT2D eigenvalue weighted by Crippen LogP contribution is -2.35. The summed E-state index contributed by atoms with van der Waals surface area (Å²) in [6, 6.07) is 0. The Balaban J connectivity index is 1.38. The summed E-state index contributed by atoms with van der Waals surface area (Å²) < 4.78 is 0. The maximum absolute atomic E-state index is 12.9. The van der Waals surface area contributed by atoms with E-state index in [-0.39, 0.29) is 11.2 Å². The van der Waals surface area contributed by atoms with Gasteiger partial charge in [-0.05, 0) is 93.8 Å². The number of fused-ring (bicyclic) bond motifs is 1. The van der Waals surface area contributed by atoms with E-state index in [0.717, 1.165) is 32.1 Å². The highest BCUT2D eigenvalue weighted by Crippen LogP contribution is 2.59. The number of unbranched alkanes of at least 4 members (excludes halogenated alkanes) is 3. The molecule has 3 N–H and O–H groups in total. The topological polar surface area (TPSA) is 77.8 Å². The molecule has 0 radical (unpaired) electrons. The molecule has 0 heterocycles. The molecule has 4 saturated carbocycles. The maximum atomic E-state index is 12.9. The largest absolute Gasteiger partial charge is 0.393 e. The molecule has 0 bridgehead atoms. The fourth-order valence-electron chi connectivity index (χ4n) is 8.11. The molecular formula is C33H52O4. The number of hydrogen-bond acceptors (Lipinski definition) is 4. The third-order valence-corrected chi connectivity index (χ3v) is 10.5. The van der Waals surface area contributed by atoms with Crippen molar-refractivity contribution in [1.82, 2.24) is 0 Å². The molecule has 0 aromatic carbocycles. The van der Waals surface area contributed by atoms with E-state index in [0.29, 0.717) is 43.4 Å². The second kappa shape index (κ2) is 12.3. The number of carbonyl (C=O) groups is 1. The second-order valence-electron chi connectivity index (χ2n) is 13.2. The molecule has 0 aromatic heterocycles. The summed E-state index contributed by atoms with van der Waals surface area (Å²) in [5.74, 6) is 1.81. The lowest BCUT2D eigenvalue weighted by molar-refractivity contribution is -0.127. The van der Waals surface area contributed by atoms with E-state index < -0.39 is 23.7 Å². The van der Waals surface area contributed by atoms with Gasteiger partial charge in [-0.2, -0.15) is 0 Å². The Kier molecular flexibility index (Phi) is 9.57. The number of aliphatic hydroxyl groups excluding tert-OH is 3. The predicted octanol–water partition coefficient (Wildman–Crippen LogP) is 6.83. The van der Waals surface area contributed by atoms with Crippen molar-refractivity contribution < 1.29 is 20.1 Å². The molecule has 37 heavy (non-hydrogen) atoms. The van der Waals surface area contributed by atoms with Crippen molar-refractivity contribution in [3.05, 3.63) is 35.5 Å². The molecule has 4 heteroatoms. The standard InChI is InChI=1S/C33H52O4/c1-4-5-6-7-10-30(36)33(18-19-33)31(37)16-11-23(2)28-14-15-29-25(9-8-17-32(28,29)3)13-12-24-20-26(34)22-27(35)21-24/h11-13,16,23,26-29,31,34-35,37H,4-10,14-15,17-22H2,1-3H3/t23-,26-,27-,28-,29+,31-,32-/m1/s1. The van der Waals surface area contributed by atoms with Crippen LogP contribution in [0.15, 0.2) is 35.5 Å². The fraction of sp³-hybridized carbons (Fsp3) is 0.788. The molecule has 0 unspecified atom stereocenters. The molecule has 4 aliphatic rings. The fourth-order valence-corrected chi connectivity index (χ4v) is 8.11. The monoisotopic (exact) mass is 512 g/mol. The lowest BCUT2D eigenvalue weighted by Gasteiger charge is -2.44. The van der Waals surface area contributed by atoms with E-state index in [9.17, 15) is 20.1 Å². The Morgan fingerprint density at radius 1 is 1.03 bits per heavy atom. The van der Waals surface area contributed by atoms with Crippen molar-refractivity contribution >= 4 is 5.78 Å². The van der Waals surface area contributed by atoms with Crippen molar-refractivity contribution in [1.29, 1.82) is 0 Å². The van der Waals surface area contributed by atoms with Crippen LogP contribution in [0.3, 0.4) is 0 Å². The third-order valence-electron chi connectivity index (χ3n) is 10.5. The summed E-state index contributed by atoms with van der Waals surface area (Å²) in [7, 11) is 0. The van der Waals surface area contributed by atoms with E-state index in [4.69, 9.17) is 0 Å². The molecule has 7 atom stereocenters. The molecule has 0 spiro atoms. The number of allylic oxidation sites excluding steroid dienone is 4. The van der Waals surface area contributed by atoms with Gasteiger partial charge in [0.05, 0.1) is 23.7 Å². The van der Waals surface area contributed by atoms with Gasteiger partial charge in [0.15, 0.2) is 0 Å². The van der Waals surface area contributed by atoms with Gasteiger partial charge in [-0.15, -0.1) is 0 Å². The van der Waals surface area contributed by atoms with Crippen LogP contribution in [0.5, 0.6) is 0 Å². The quantitative estimate of drug-likeness (QED) is 0.209. The summed E-state index contributed by atoms with van der Waals surface area (Å²) in [6.07, 6.45) is 21.8. The highest BCUT2D eigenvalue weighted by atomic mass is 16.3. The zero-order chi connectivity index (χ0) is 26.6. The average molecular weight is 513 g/mol. The summed E-state index contributed by atoms with van der Waals surface area (Å²) in [5.41, 5.74) is 2.47.